The summed E-state index contributed by atoms with van der Waals surface area (Å²) in [6.45, 7) is 2.13. The van der Waals surface area contributed by atoms with E-state index in [-0.39, 0.29) is 17.1 Å². The topological polar surface area (TPSA) is 69.9 Å². The van der Waals surface area contributed by atoms with Gasteiger partial charge in [0.15, 0.2) is 0 Å². The summed E-state index contributed by atoms with van der Waals surface area (Å²) in [6.07, 6.45) is 7.79. The number of benzene rings is 2. The molecule has 0 unspecified atom stereocenters. The first-order valence-electron chi connectivity index (χ1n) is 13.0. The zero-order chi connectivity index (χ0) is 24.6. The van der Waals surface area contributed by atoms with E-state index in [1.165, 1.54) is 24.8 Å². The SMILES string of the molecule is CN(C)C1(c2ccccc2)CCC2(CC1)CN(Cc1cccc(C(N)=O)c1)C(=O)N2CC1CCC1. The van der Waals surface area contributed by atoms with Crippen molar-refractivity contribution in [2.75, 3.05) is 27.2 Å². The first-order chi connectivity index (χ1) is 16.8. The molecule has 1 aliphatic heterocycles. The van der Waals surface area contributed by atoms with Crippen molar-refractivity contribution in [2.24, 2.45) is 11.7 Å². The molecule has 1 spiro atoms. The molecule has 186 valence electrons. The van der Waals surface area contributed by atoms with Gasteiger partial charge < -0.3 is 15.5 Å². The van der Waals surface area contributed by atoms with Crippen molar-refractivity contribution < 1.29 is 9.59 Å². The van der Waals surface area contributed by atoms with Gasteiger partial charge >= 0.3 is 6.03 Å². The van der Waals surface area contributed by atoms with Crippen LogP contribution in [0.25, 0.3) is 0 Å². The molecule has 0 radical (unpaired) electrons. The number of nitrogens with two attached hydrogens (primary N) is 1. The fourth-order valence-electron chi connectivity index (χ4n) is 6.55. The van der Waals surface area contributed by atoms with Crippen LogP contribution in [0.1, 0.15) is 66.4 Å². The van der Waals surface area contributed by atoms with Crippen LogP contribution in [0, 0.1) is 5.92 Å². The van der Waals surface area contributed by atoms with Crippen LogP contribution in [0.5, 0.6) is 0 Å². The minimum atomic E-state index is -0.434. The average molecular weight is 475 g/mol. The Balaban J connectivity index is 1.40. The highest BCUT2D eigenvalue weighted by Gasteiger charge is 2.54. The number of urea groups is 1. The van der Waals surface area contributed by atoms with Gasteiger partial charge in [-0.15, -0.1) is 0 Å². The second-order valence-electron chi connectivity index (χ2n) is 11.1. The molecule has 6 heteroatoms. The van der Waals surface area contributed by atoms with E-state index in [1.54, 1.807) is 6.07 Å². The zero-order valence-electron chi connectivity index (χ0n) is 21.1. The third-order valence-electron chi connectivity index (χ3n) is 8.98. The monoisotopic (exact) mass is 474 g/mol. The Morgan fingerprint density at radius 3 is 2.34 bits per heavy atom. The highest BCUT2D eigenvalue weighted by molar-refractivity contribution is 5.92. The molecule has 0 aromatic heterocycles. The van der Waals surface area contributed by atoms with Gasteiger partial charge in [-0.2, -0.15) is 0 Å². The molecule has 3 aliphatic rings. The van der Waals surface area contributed by atoms with Crippen molar-refractivity contribution in [3.8, 4) is 0 Å². The van der Waals surface area contributed by atoms with Gasteiger partial charge in [-0.05, 0) is 81.8 Å². The molecule has 2 aromatic rings. The molecule has 0 atom stereocenters. The molecule has 1 saturated heterocycles. The Kier molecular flexibility index (Phi) is 6.34. The normalized spacial score (nSPS) is 27.0. The fraction of sp³-hybridized carbons (Fsp3) is 0.517. The predicted molar refractivity (Wildman–Crippen MR) is 138 cm³/mol. The molecule has 35 heavy (non-hydrogen) atoms. The molecule has 5 rings (SSSR count). The van der Waals surface area contributed by atoms with E-state index in [0.717, 1.165) is 44.3 Å². The average Bonchev–Trinajstić information content (AvgIpc) is 3.07. The fourth-order valence-corrected chi connectivity index (χ4v) is 6.55. The quantitative estimate of drug-likeness (QED) is 0.638. The lowest BCUT2D eigenvalue weighted by Crippen LogP contribution is -2.56. The van der Waals surface area contributed by atoms with Crippen molar-refractivity contribution >= 4 is 11.9 Å². The number of amides is 3. The number of carbonyl (C=O) groups excluding carboxylic acids is 2. The summed E-state index contributed by atoms with van der Waals surface area (Å²) in [5, 5.41) is 0. The van der Waals surface area contributed by atoms with Crippen LogP contribution in [0.15, 0.2) is 54.6 Å². The van der Waals surface area contributed by atoms with Gasteiger partial charge in [0.05, 0.1) is 5.54 Å². The molecule has 1 heterocycles. The summed E-state index contributed by atoms with van der Waals surface area (Å²) in [5.74, 6) is 0.194. The largest absolute Gasteiger partial charge is 0.366 e. The maximum absolute atomic E-state index is 13.8. The van der Waals surface area contributed by atoms with Crippen LogP contribution in [-0.4, -0.2) is 59.4 Å². The van der Waals surface area contributed by atoms with E-state index >= 15 is 0 Å². The van der Waals surface area contributed by atoms with Crippen LogP contribution >= 0.6 is 0 Å². The van der Waals surface area contributed by atoms with Gasteiger partial charge in [0.25, 0.3) is 0 Å². The summed E-state index contributed by atoms with van der Waals surface area (Å²) in [7, 11) is 4.38. The maximum Gasteiger partial charge on any atom is 0.320 e. The highest BCUT2D eigenvalue weighted by Crippen LogP contribution is 2.49. The van der Waals surface area contributed by atoms with Crippen molar-refractivity contribution in [3.63, 3.8) is 0 Å². The summed E-state index contributed by atoms with van der Waals surface area (Å²) < 4.78 is 0. The van der Waals surface area contributed by atoms with E-state index in [2.05, 4.69) is 54.2 Å². The Morgan fingerprint density at radius 2 is 1.74 bits per heavy atom. The van der Waals surface area contributed by atoms with Crippen molar-refractivity contribution in [1.29, 1.82) is 0 Å². The smallest absolute Gasteiger partial charge is 0.320 e. The minimum Gasteiger partial charge on any atom is -0.366 e. The lowest BCUT2D eigenvalue weighted by atomic mass is 9.68. The third-order valence-corrected chi connectivity index (χ3v) is 8.98. The van der Waals surface area contributed by atoms with E-state index in [4.69, 9.17) is 5.73 Å². The van der Waals surface area contributed by atoms with Crippen LogP contribution in [-0.2, 0) is 12.1 Å². The maximum atomic E-state index is 13.8. The van der Waals surface area contributed by atoms with Crippen LogP contribution in [0.4, 0.5) is 4.79 Å². The molecular formula is C29H38N4O2. The molecule has 0 bridgehead atoms. The van der Waals surface area contributed by atoms with E-state index in [9.17, 15) is 9.59 Å². The van der Waals surface area contributed by atoms with Gasteiger partial charge in [0.1, 0.15) is 0 Å². The number of carbonyl (C=O) groups is 2. The van der Waals surface area contributed by atoms with Crippen molar-refractivity contribution in [1.82, 2.24) is 14.7 Å². The molecule has 6 nitrogen and oxygen atoms in total. The summed E-state index contributed by atoms with van der Waals surface area (Å²) in [6, 6.07) is 18.4. The number of hydrogen-bond donors (Lipinski definition) is 1. The van der Waals surface area contributed by atoms with E-state index in [1.807, 2.05) is 23.1 Å². The lowest BCUT2D eigenvalue weighted by molar-refractivity contribution is 0.0159. The molecular weight excluding hydrogens is 436 g/mol. The highest BCUT2D eigenvalue weighted by atomic mass is 16.2. The standard InChI is InChI=1S/C29H38N4O2/c1-31(2)29(25-12-4-3-5-13-25)16-14-28(15-17-29)21-32(27(35)33(28)20-22-8-6-9-22)19-23-10-7-11-24(18-23)26(30)34/h3-5,7,10-13,18,22H,6,8-9,14-17,19-21H2,1-2H3,(H2,30,34). The number of primary amides is 1. The van der Waals surface area contributed by atoms with Gasteiger partial charge in [-0.3, -0.25) is 9.69 Å². The minimum absolute atomic E-state index is 0.000929. The van der Waals surface area contributed by atoms with E-state index in [0.29, 0.717) is 18.0 Å². The van der Waals surface area contributed by atoms with Gasteiger partial charge in [-0.25, -0.2) is 4.79 Å². The van der Waals surface area contributed by atoms with Crippen molar-refractivity contribution in [2.45, 2.75) is 62.6 Å². The van der Waals surface area contributed by atoms with Crippen LogP contribution in [0.2, 0.25) is 0 Å². The molecule has 3 amide bonds. The summed E-state index contributed by atoms with van der Waals surface area (Å²) >= 11 is 0. The van der Waals surface area contributed by atoms with Crippen molar-refractivity contribution in [3.05, 3.63) is 71.3 Å². The Bertz CT molecular complexity index is 1070. The summed E-state index contributed by atoms with van der Waals surface area (Å²) in [5.41, 5.74) is 8.19. The number of hydrogen-bond acceptors (Lipinski definition) is 3. The number of rotatable bonds is 7. The number of nitrogens with zero attached hydrogens (tertiary/aromatic N) is 3. The lowest BCUT2D eigenvalue weighted by Gasteiger charge is -2.51. The molecule has 2 aromatic carbocycles. The second-order valence-corrected chi connectivity index (χ2v) is 11.1. The second kappa shape index (κ2) is 9.30. The molecule has 2 saturated carbocycles. The molecule has 2 N–H and O–H groups in total. The Hall–Kier alpha value is -2.86. The Labute approximate surface area is 209 Å². The molecule has 3 fully saturated rings. The van der Waals surface area contributed by atoms with Gasteiger partial charge in [0.2, 0.25) is 5.91 Å². The molecule has 2 aliphatic carbocycles. The van der Waals surface area contributed by atoms with Crippen LogP contribution < -0.4 is 5.73 Å². The zero-order valence-corrected chi connectivity index (χ0v) is 21.1. The van der Waals surface area contributed by atoms with Gasteiger partial charge in [0, 0.05) is 30.7 Å². The summed E-state index contributed by atoms with van der Waals surface area (Å²) in [4.78, 5) is 32.1. The van der Waals surface area contributed by atoms with Gasteiger partial charge in [-0.1, -0.05) is 48.9 Å². The van der Waals surface area contributed by atoms with Crippen LogP contribution in [0.3, 0.4) is 0 Å². The first kappa shape index (κ1) is 23.9. The third kappa shape index (κ3) is 4.33. The first-order valence-corrected chi connectivity index (χ1v) is 13.0. The Morgan fingerprint density at radius 1 is 1.03 bits per heavy atom. The predicted octanol–water partition coefficient (Wildman–Crippen LogP) is 4.59. The van der Waals surface area contributed by atoms with E-state index < -0.39 is 5.91 Å².